The number of fused-ring (bicyclic) bond motifs is 1. The van der Waals surface area contributed by atoms with Gasteiger partial charge in [0, 0.05) is 44.4 Å². The first kappa shape index (κ1) is 16.7. The van der Waals surface area contributed by atoms with Gasteiger partial charge in [-0.15, -0.1) is 0 Å². The Bertz CT molecular complexity index is 888. The molecule has 1 aromatic carbocycles. The number of anilines is 2. The van der Waals surface area contributed by atoms with Gasteiger partial charge < -0.3 is 19.7 Å². The molecule has 0 unspecified atom stereocenters. The molecule has 27 heavy (non-hydrogen) atoms. The monoisotopic (exact) mass is 383 g/mol. The molecule has 2 aromatic heterocycles. The fraction of sp³-hybridized carbons (Fsp3) is 0.421. The fourth-order valence-electron chi connectivity index (χ4n) is 3.44. The summed E-state index contributed by atoms with van der Waals surface area (Å²) in [6.45, 7) is 3.07. The predicted octanol–water partition coefficient (Wildman–Crippen LogP) is 2.94. The molecule has 3 heterocycles. The Balaban J connectivity index is 1.19. The number of aromatic nitrogens is 3. The molecular weight excluding hydrogens is 362 g/mol. The summed E-state index contributed by atoms with van der Waals surface area (Å²) in [5.41, 5.74) is 1.05. The Labute approximate surface area is 161 Å². The third-order valence-corrected chi connectivity index (χ3v) is 5.92. The Kier molecular flexibility index (Phi) is 4.51. The Morgan fingerprint density at radius 3 is 2.78 bits per heavy atom. The molecule has 1 aliphatic carbocycles. The van der Waals surface area contributed by atoms with E-state index in [4.69, 9.17) is 9.47 Å². The average molecular weight is 383 g/mol. The molecule has 7 nitrogen and oxygen atoms in total. The van der Waals surface area contributed by atoms with Crippen LogP contribution in [-0.4, -0.2) is 53.4 Å². The van der Waals surface area contributed by atoms with Crippen LogP contribution in [0.5, 0.6) is 5.88 Å². The maximum Gasteiger partial charge on any atom is 0.257 e. The Hall–Kier alpha value is -2.45. The number of morpholine rings is 1. The highest BCUT2D eigenvalue weighted by atomic mass is 32.1. The number of nitrogens with zero attached hydrogens (tertiary/aromatic N) is 4. The smallest absolute Gasteiger partial charge is 0.257 e. The molecule has 0 amide bonds. The van der Waals surface area contributed by atoms with E-state index in [0.717, 1.165) is 42.4 Å². The van der Waals surface area contributed by atoms with Gasteiger partial charge in [-0.3, -0.25) is 0 Å². The number of hydrogen-bond donors (Lipinski definition) is 1. The van der Waals surface area contributed by atoms with Crippen LogP contribution in [0, 0.1) is 0 Å². The van der Waals surface area contributed by atoms with Crippen LogP contribution >= 0.6 is 11.3 Å². The largest absolute Gasteiger partial charge is 0.472 e. The highest BCUT2D eigenvalue weighted by Gasteiger charge is 2.33. The van der Waals surface area contributed by atoms with Gasteiger partial charge in [-0.1, -0.05) is 23.5 Å². The van der Waals surface area contributed by atoms with Crippen molar-refractivity contribution in [2.45, 2.75) is 25.0 Å². The molecule has 2 fully saturated rings. The molecule has 2 aliphatic rings. The van der Waals surface area contributed by atoms with Crippen molar-refractivity contribution in [1.29, 1.82) is 0 Å². The van der Waals surface area contributed by atoms with Gasteiger partial charge in [0.05, 0.1) is 23.4 Å². The summed E-state index contributed by atoms with van der Waals surface area (Å²) in [6.07, 6.45) is 5.45. The van der Waals surface area contributed by atoms with Crippen molar-refractivity contribution in [2.24, 2.45) is 0 Å². The van der Waals surface area contributed by atoms with Gasteiger partial charge in [0.25, 0.3) is 5.88 Å². The number of para-hydroxylation sites is 1. The van der Waals surface area contributed by atoms with E-state index >= 15 is 0 Å². The van der Waals surface area contributed by atoms with Gasteiger partial charge in [0.2, 0.25) is 0 Å². The quantitative estimate of drug-likeness (QED) is 0.726. The van der Waals surface area contributed by atoms with E-state index in [-0.39, 0.29) is 6.10 Å². The molecular formula is C19H21N5O2S. The SMILES string of the molecule is c1ccc2sc(N[C@H]3C[C@@H](Oc4nccnc4N4CCOCC4)C3)nc2c1. The molecule has 1 saturated carbocycles. The zero-order valence-electron chi connectivity index (χ0n) is 14.9. The second-order valence-corrected chi connectivity index (χ2v) is 7.85. The lowest BCUT2D eigenvalue weighted by Crippen LogP contribution is -2.43. The highest BCUT2D eigenvalue weighted by molar-refractivity contribution is 7.22. The lowest BCUT2D eigenvalue weighted by atomic mass is 9.89. The van der Waals surface area contributed by atoms with Gasteiger partial charge in [-0.05, 0) is 12.1 Å². The highest BCUT2D eigenvalue weighted by Crippen LogP contribution is 2.33. The molecule has 1 N–H and O–H groups in total. The number of ether oxygens (including phenoxy) is 2. The van der Waals surface area contributed by atoms with Gasteiger partial charge in [-0.25, -0.2) is 15.0 Å². The summed E-state index contributed by atoms with van der Waals surface area (Å²) < 4.78 is 12.8. The van der Waals surface area contributed by atoms with Crippen LogP contribution in [0.3, 0.4) is 0 Å². The number of benzene rings is 1. The van der Waals surface area contributed by atoms with Crippen molar-refractivity contribution in [3.05, 3.63) is 36.7 Å². The first-order valence-corrected chi connectivity index (χ1v) is 10.1. The van der Waals surface area contributed by atoms with E-state index in [1.165, 1.54) is 4.70 Å². The van der Waals surface area contributed by atoms with E-state index in [1.807, 2.05) is 18.2 Å². The molecule has 3 aromatic rings. The summed E-state index contributed by atoms with van der Waals surface area (Å²) in [5, 5.41) is 4.51. The van der Waals surface area contributed by atoms with Gasteiger partial charge >= 0.3 is 0 Å². The Morgan fingerprint density at radius 1 is 1.11 bits per heavy atom. The third kappa shape index (κ3) is 3.54. The zero-order chi connectivity index (χ0) is 18.1. The minimum Gasteiger partial charge on any atom is -0.472 e. The second kappa shape index (κ2) is 7.28. The fourth-order valence-corrected chi connectivity index (χ4v) is 4.38. The standard InChI is InChI=1S/C19H21N5O2S/c1-2-4-16-15(3-1)23-19(27-16)22-13-11-14(12-13)26-18-17(20-5-6-21-18)24-7-9-25-10-8-24/h1-6,13-14H,7-12H2,(H,22,23)/t13-,14+. The van der Waals surface area contributed by atoms with Crippen molar-refractivity contribution in [3.8, 4) is 5.88 Å². The number of hydrogen-bond acceptors (Lipinski definition) is 8. The van der Waals surface area contributed by atoms with E-state index in [1.54, 1.807) is 23.7 Å². The molecule has 8 heteroatoms. The first-order valence-electron chi connectivity index (χ1n) is 9.27. The first-order chi connectivity index (χ1) is 13.3. The molecule has 0 atom stereocenters. The van der Waals surface area contributed by atoms with Crippen LogP contribution in [0.4, 0.5) is 10.9 Å². The van der Waals surface area contributed by atoms with Gasteiger partial charge in [0.15, 0.2) is 10.9 Å². The van der Waals surface area contributed by atoms with Crippen molar-refractivity contribution in [3.63, 3.8) is 0 Å². The lowest BCUT2D eigenvalue weighted by molar-refractivity contribution is 0.100. The summed E-state index contributed by atoms with van der Waals surface area (Å²) in [6, 6.07) is 8.60. The molecule has 5 rings (SSSR count). The normalized spacial score (nSPS) is 22.4. The zero-order valence-corrected chi connectivity index (χ0v) is 15.7. The lowest BCUT2D eigenvalue weighted by Gasteiger charge is -2.36. The van der Waals surface area contributed by atoms with Gasteiger partial charge in [0.1, 0.15) is 6.10 Å². The maximum atomic E-state index is 6.15. The minimum atomic E-state index is 0.161. The van der Waals surface area contributed by atoms with E-state index < -0.39 is 0 Å². The number of rotatable bonds is 5. The summed E-state index contributed by atoms with van der Waals surface area (Å²) in [7, 11) is 0. The third-order valence-electron chi connectivity index (χ3n) is 4.95. The average Bonchev–Trinajstić information content (AvgIpc) is 3.10. The van der Waals surface area contributed by atoms with Crippen LogP contribution in [0.2, 0.25) is 0 Å². The van der Waals surface area contributed by atoms with Crippen LogP contribution < -0.4 is 15.0 Å². The van der Waals surface area contributed by atoms with E-state index in [9.17, 15) is 0 Å². The van der Waals surface area contributed by atoms with Crippen molar-refractivity contribution in [2.75, 3.05) is 36.5 Å². The van der Waals surface area contributed by atoms with Crippen LogP contribution in [0.25, 0.3) is 10.2 Å². The summed E-state index contributed by atoms with van der Waals surface area (Å²) >= 11 is 1.70. The van der Waals surface area contributed by atoms with Crippen LogP contribution in [0.1, 0.15) is 12.8 Å². The number of thiazole rings is 1. The van der Waals surface area contributed by atoms with Crippen molar-refractivity contribution >= 4 is 32.5 Å². The number of nitrogens with one attached hydrogen (secondary N) is 1. The second-order valence-electron chi connectivity index (χ2n) is 6.82. The van der Waals surface area contributed by atoms with Crippen molar-refractivity contribution in [1.82, 2.24) is 15.0 Å². The minimum absolute atomic E-state index is 0.161. The van der Waals surface area contributed by atoms with Crippen LogP contribution in [0.15, 0.2) is 36.7 Å². The summed E-state index contributed by atoms with van der Waals surface area (Å²) in [4.78, 5) is 15.7. The van der Waals surface area contributed by atoms with Crippen molar-refractivity contribution < 1.29 is 9.47 Å². The maximum absolute atomic E-state index is 6.15. The van der Waals surface area contributed by atoms with Gasteiger partial charge in [-0.2, -0.15) is 0 Å². The molecule has 0 bridgehead atoms. The topological polar surface area (TPSA) is 72.4 Å². The summed E-state index contributed by atoms with van der Waals surface area (Å²) in [5.74, 6) is 1.45. The van der Waals surface area contributed by atoms with E-state index in [2.05, 4.69) is 31.2 Å². The molecule has 0 radical (unpaired) electrons. The Morgan fingerprint density at radius 2 is 1.93 bits per heavy atom. The van der Waals surface area contributed by atoms with Crippen LogP contribution in [-0.2, 0) is 4.74 Å². The molecule has 1 aliphatic heterocycles. The predicted molar refractivity (Wildman–Crippen MR) is 106 cm³/mol. The molecule has 1 saturated heterocycles. The molecule has 140 valence electrons. The molecule has 0 spiro atoms. The van der Waals surface area contributed by atoms with E-state index in [0.29, 0.717) is 25.1 Å².